The Morgan fingerprint density at radius 3 is 2.89 bits per heavy atom. The van der Waals surface area contributed by atoms with Crippen LogP contribution in [-0.2, 0) is 6.42 Å². The largest absolute Gasteiger partial charge is 0.389 e. The summed E-state index contributed by atoms with van der Waals surface area (Å²) in [4.78, 5) is 1.71. The molecule has 0 radical (unpaired) electrons. The van der Waals surface area contributed by atoms with E-state index in [1.165, 1.54) is 4.88 Å². The van der Waals surface area contributed by atoms with E-state index >= 15 is 0 Å². The van der Waals surface area contributed by atoms with Crippen molar-refractivity contribution in [3.63, 3.8) is 0 Å². The summed E-state index contributed by atoms with van der Waals surface area (Å²) >= 11 is 12.8. The van der Waals surface area contributed by atoms with Gasteiger partial charge < -0.3 is 11.1 Å². The molecular weight excluding hydrogens is 296 g/mol. The number of anilines is 1. The second-order valence-corrected chi connectivity index (χ2v) is 6.29. The lowest BCUT2D eigenvalue weighted by atomic mass is 10.1. The average Bonchev–Trinajstić information content (AvgIpc) is 2.83. The predicted octanol–water partition coefficient (Wildman–Crippen LogP) is 4.08. The first-order valence-corrected chi connectivity index (χ1v) is 7.61. The molecule has 1 heterocycles. The van der Waals surface area contributed by atoms with Crippen molar-refractivity contribution >= 4 is 45.8 Å². The maximum atomic E-state index is 5.97. The monoisotopic (exact) mass is 310 g/mol. The van der Waals surface area contributed by atoms with Crippen LogP contribution in [0.3, 0.4) is 0 Å². The molecule has 0 amide bonds. The van der Waals surface area contributed by atoms with Crippen LogP contribution in [0.15, 0.2) is 35.7 Å². The normalized spacial score (nSPS) is 12.1. The average molecular weight is 311 g/mol. The molecule has 1 unspecified atom stereocenters. The second kappa shape index (κ2) is 6.37. The molecule has 2 nitrogen and oxygen atoms in total. The van der Waals surface area contributed by atoms with Gasteiger partial charge in [-0.2, -0.15) is 0 Å². The van der Waals surface area contributed by atoms with Crippen LogP contribution in [0, 0.1) is 0 Å². The van der Waals surface area contributed by atoms with E-state index in [0.717, 1.165) is 17.7 Å². The van der Waals surface area contributed by atoms with Gasteiger partial charge in [0.05, 0.1) is 0 Å². The molecule has 0 saturated carbocycles. The third-order valence-electron chi connectivity index (χ3n) is 2.74. The molecule has 1 aromatic heterocycles. The van der Waals surface area contributed by atoms with Crippen LogP contribution in [0.1, 0.15) is 17.4 Å². The molecule has 0 aliphatic heterocycles. The molecule has 0 saturated heterocycles. The Morgan fingerprint density at radius 1 is 1.47 bits per heavy atom. The molecule has 0 spiro atoms. The number of nitrogens with two attached hydrogens (primary N) is 1. The standard InChI is InChI=1S/C14H15ClN2S2/c1-9(7-11-3-2-6-19-11)17-13-5-4-10(15)8-12(13)14(16)18/h2-6,8-9,17H,7H2,1H3,(H2,16,18). The van der Waals surface area contributed by atoms with Gasteiger partial charge in [0.1, 0.15) is 4.99 Å². The van der Waals surface area contributed by atoms with E-state index in [0.29, 0.717) is 16.1 Å². The Morgan fingerprint density at radius 2 is 2.26 bits per heavy atom. The van der Waals surface area contributed by atoms with Crippen LogP contribution in [0.5, 0.6) is 0 Å². The number of nitrogens with one attached hydrogen (secondary N) is 1. The molecule has 2 rings (SSSR count). The first-order valence-electron chi connectivity index (χ1n) is 5.94. The van der Waals surface area contributed by atoms with E-state index in [1.54, 1.807) is 17.4 Å². The van der Waals surface area contributed by atoms with Gasteiger partial charge in [-0.25, -0.2) is 0 Å². The zero-order valence-corrected chi connectivity index (χ0v) is 12.9. The van der Waals surface area contributed by atoms with Crippen LogP contribution < -0.4 is 11.1 Å². The van der Waals surface area contributed by atoms with Crippen LogP contribution in [0.4, 0.5) is 5.69 Å². The fraction of sp³-hybridized carbons (Fsp3) is 0.214. The van der Waals surface area contributed by atoms with Gasteiger partial charge in [-0.3, -0.25) is 0 Å². The van der Waals surface area contributed by atoms with Crippen LogP contribution in [0.25, 0.3) is 0 Å². The Labute approximate surface area is 127 Å². The van der Waals surface area contributed by atoms with E-state index < -0.39 is 0 Å². The first kappa shape index (κ1) is 14.3. The fourth-order valence-electron chi connectivity index (χ4n) is 1.89. The van der Waals surface area contributed by atoms with E-state index in [-0.39, 0.29) is 0 Å². The van der Waals surface area contributed by atoms with Gasteiger partial charge in [-0.05, 0) is 36.6 Å². The van der Waals surface area contributed by atoms with E-state index in [1.807, 2.05) is 12.1 Å². The van der Waals surface area contributed by atoms with E-state index in [4.69, 9.17) is 29.6 Å². The van der Waals surface area contributed by atoms with Crippen LogP contribution in [0.2, 0.25) is 5.02 Å². The van der Waals surface area contributed by atoms with Crippen molar-refractivity contribution in [2.75, 3.05) is 5.32 Å². The summed E-state index contributed by atoms with van der Waals surface area (Å²) in [6, 6.07) is 10.1. The summed E-state index contributed by atoms with van der Waals surface area (Å²) in [6.07, 6.45) is 0.969. The van der Waals surface area contributed by atoms with Gasteiger partial charge in [0, 0.05) is 33.6 Å². The minimum atomic E-state index is 0.299. The SMILES string of the molecule is CC(Cc1cccs1)Nc1ccc(Cl)cc1C(N)=S. The minimum absolute atomic E-state index is 0.299. The van der Waals surface area contributed by atoms with Crippen molar-refractivity contribution in [1.29, 1.82) is 0 Å². The molecule has 0 fully saturated rings. The Hall–Kier alpha value is -1.10. The summed E-state index contributed by atoms with van der Waals surface area (Å²) in [5, 5.41) is 6.16. The van der Waals surface area contributed by atoms with Crippen LogP contribution >= 0.6 is 35.2 Å². The van der Waals surface area contributed by atoms with Gasteiger partial charge in [-0.15, -0.1) is 11.3 Å². The first-order chi connectivity index (χ1) is 9.06. The number of rotatable bonds is 5. The lowest BCUT2D eigenvalue weighted by Gasteiger charge is -2.17. The Balaban J connectivity index is 2.12. The van der Waals surface area contributed by atoms with Gasteiger partial charge in [0.25, 0.3) is 0 Å². The molecule has 0 bridgehead atoms. The van der Waals surface area contributed by atoms with Crippen molar-refractivity contribution in [1.82, 2.24) is 0 Å². The van der Waals surface area contributed by atoms with E-state index in [2.05, 4.69) is 29.8 Å². The molecule has 2 aromatic rings. The zero-order chi connectivity index (χ0) is 13.8. The van der Waals surface area contributed by atoms with Crippen LogP contribution in [-0.4, -0.2) is 11.0 Å². The zero-order valence-electron chi connectivity index (χ0n) is 10.5. The number of halogens is 1. The Kier molecular flexibility index (Phi) is 4.80. The van der Waals surface area contributed by atoms with Crippen molar-refractivity contribution in [2.24, 2.45) is 5.73 Å². The molecule has 19 heavy (non-hydrogen) atoms. The number of hydrogen-bond acceptors (Lipinski definition) is 3. The minimum Gasteiger partial charge on any atom is -0.389 e. The molecule has 0 aliphatic rings. The van der Waals surface area contributed by atoms with Crippen molar-refractivity contribution in [3.8, 4) is 0 Å². The maximum Gasteiger partial charge on any atom is 0.106 e. The highest BCUT2D eigenvalue weighted by molar-refractivity contribution is 7.80. The smallest absolute Gasteiger partial charge is 0.106 e. The lowest BCUT2D eigenvalue weighted by molar-refractivity contribution is 0.800. The quantitative estimate of drug-likeness (QED) is 0.817. The fourth-order valence-corrected chi connectivity index (χ4v) is 3.07. The van der Waals surface area contributed by atoms with E-state index in [9.17, 15) is 0 Å². The molecule has 100 valence electrons. The number of thiocarbonyl (C=S) groups is 1. The molecule has 1 atom stereocenters. The highest BCUT2D eigenvalue weighted by atomic mass is 35.5. The second-order valence-electron chi connectivity index (χ2n) is 4.38. The van der Waals surface area contributed by atoms with Gasteiger partial charge in [-0.1, -0.05) is 29.9 Å². The molecule has 0 aliphatic carbocycles. The number of hydrogen-bond donors (Lipinski definition) is 2. The summed E-state index contributed by atoms with van der Waals surface area (Å²) < 4.78 is 0. The van der Waals surface area contributed by atoms with Crippen molar-refractivity contribution in [2.45, 2.75) is 19.4 Å². The molecule has 1 aromatic carbocycles. The van der Waals surface area contributed by atoms with Gasteiger partial charge >= 0.3 is 0 Å². The molecule has 5 heteroatoms. The summed E-state index contributed by atoms with van der Waals surface area (Å²) in [5.74, 6) is 0. The third kappa shape index (κ3) is 3.93. The number of thiophene rings is 1. The Bertz CT molecular complexity index is 567. The summed E-state index contributed by atoms with van der Waals surface area (Å²) in [6.45, 7) is 2.14. The maximum absolute atomic E-state index is 5.97. The molecule has 3 N–H and O–H groups in total. The van der Waals surface area contributed by atoms with Gasteiger partial charge in [0.2, 0.25) is 0 Å². The highest BCUT2D eigenvalue weighted by Gasteiger charge is 2.10. The third-order valence-corrected chi connectivity index (χ3v) is 4.09. The summed E-state index contributed by atoms with van der Waals surface area (Å²) in [5.41, 5.74) is 7.45. The number of benzene rings is 1. The summed E-state index contributed by atoms with van der Waals surface area (Å²) in [7, 11) is 0. The topological polar surface area (TPSA) is 38.0 Å². The van der Waals surface area contributed by atoms with Crippen molar-refractivity contribution < 1.29 is 0 Å². The molecular formula is C14H15ClN2S2. The predicted molar refractivity (Wildman–Crippen MR) is 88.4 cm³/mol. The van der Waals surface area contributed by atoms with Gasteiger partial charge in [0.15, 0.2) is 0 Å². The lowest BCUT2D eigenvalue weighted by Crippen LogP contribution is -2.21. The van der Waals surface area contributed by atoms with Crippen molar-refractivity contribution in [3.05, 3.63) is 51.2 Å². The highest BCUT2D eigenvalue weighted by Crippen LogP contribution is 2.22.